The highest BCUT2D eigenvalue weighted by Gasteiger charge is 2.42. The first-order valence-corrected chi connectivity index (χ1v) is 6.45. The summed E-state index contributed by atoms with van der Waals surface area (Å²) in [6.45, 7) is 5.08. The lowest BCUT2D eigenvalue weighted by atomic mass is 10.1. The molecule has 0 spiro atoms. The lowest BCUT2D eigenvalue weighted by molar-refractivity contribution is -0.160. The van der Waals surface area contributed by atoms with Crippen LogP contribution in [0.2, 0.25) is 0 Å². The Balaban J connectivity index is 4.53. The van der Waals surface area contributed by atoms with Gasteiger partial charge in [-0.25, -0.2) is 0 Å². The van der Waals surface area contributed by atoms with Crippen LogP contribution in [0.3, 0.4) is 0 Å². The van der Waals surface area contributed by atoms with Gasteiger partial charge in [0.1, 0.15) is 11.8 Å². The van der Waals surface area contributed by atoms with Gasteiger partial charge in [0.05, 0.1) is 0 Å². The van der Waals surface area contributed by atoms with Crippen LogP contribution in [0.5, 0.6) is 0 Å². The quantitative estimate of drug-likeness (QED) is 0.498. The SMILES string of the molecule is CCCCN(CCCC)CC(C(=N)N)C(F)(F)F. The Hall–Kier alpha value is -0.780. The van der Waals surface area contributed by atoms with Gasteiger partial charge in [-0.1, -0.05) is 26.7 Å². The topological polar surface area (TPSA) is 53.1 Å². The fourth-order valence-corrected chi connectivity index (χ4v) is 1.69. The molecule has 0 aliphatic carbocycles. The summed E-state index contributed by atoms with van der Waals surface area (Å²) in [6.07, 6.45) is -0.806. The highest BCUT2D eigenvalue weighted by Crippen LogP contribution is 2.27. The Bertz CT molecular complexity index is 233. The number of rotatable bonds is 9. The van der Waals surface area contributed by atoms with Gasteiger partial charge < -0.3 is 10.6 Å². The second kappa shape index (κ2) is 8.34. The maximum atomic E-state index is 12.7. The summed E-state index contributed by atoms with van der Waals surface area (Å²) >= 11 is 0. The van der Waals surface area contributed by atoms with Crippen molar-refractivity contribution in [3.63, 3.8) is 0 Å². The molecule has 0 aromatic carbocycles. The van der Waals surface area contributed by atoms with Gasteiger partial charge in [-0.2, -0.15) is 13.2 Å². The van der Waals surface area contributed by atoms with Gasteiger partial charge in [0.15, 0.2) is 0 Å². The molecular formula is C12H24F3N3. The Morgan fingerprint density at radius 3 is 1.89 bits per heavy atom. The van der Waals surface area contributed by atoms with Gasteiger partial charge in [0.25, 0.3) is 0 Å². The van der Waals surface area contributed by atoms with Gasteiger partial charge in [0, 0.05) is 6.54 Å². The molecule has 3 nitrogen and oxygen atoms in total. The van der Waals surface area contributed by atoms with E-state index in [0.717, 1.165) is 25.7 Å². The normalized spacial score (nSPS) is 13.9. The molecule has 0 aliphatic heterocycles. The number of alkyl halides is 3. The molecule has 0 saturated heterocycles. The van der Waals surface area contributed by atoms with Crippen LogP contribution in [-0.2, 0) is 0 Å². The second-order valence-electron chi connectivity index (χ2n) is 4.56. The van der Waals surface area contributed by atoms with Crippen molar-refractivity contribution in [1.29, 1.82) is 5.41 Å². The lowest BCUT2D eigenvalue weighted by Gasteiger charge is -2.28. The molecule has 1 atom stereocenters. The zero-order chi connectivity index (χ0) is 14.2. The fourth-order valence-electron chi connectivity index (χ4n) is 1.69. The van der Waals surface area contributed by atoms with Gasteiger partial charge in [0.2, 0.25) is 0 Å². The Morgan fingerprint density at radius 1 is 1.17 bits per heavy atom. The largest absolute Gasteiger partial charge is 0.399 e. The molecule has 0 bridgehead atoms. The van der Waals surface area contributed by atoms with Crippen LogP contribution in [-0.4, -0.2) is 36.5 Å². The molecule has 0 rings (SSSR count). The van der Waals surface area contributed by atoms with E-state index in [1.54, 1.807) is 4.90 Å². The van der Waals surface area contributed by atoms with E-state index in [1.807, 2.05) is 13.8 Å². The monoisotopic (exact) mass is 267 g/mol. The third-order valence-electron chi connectivity index (χ3n) is 2.87. The number of halogens is 3. The van der Waals surface area contributed by atoms with E-state index < -0.39 is 17.9 Å². The van der Waals surface area contributed by atoms with Crippen molar-refractivity contribution in [3.05, 3.63) is 0 Å². The molecule has 18 heavy (non-hydrogen) atoms. The average Bonchev–Trinajstić information content (AvgIpc) is 2.25. The predicted octanol–water partition coefficient (Wildman–Crippen LogP) is 3.00. The minimum Gasteiger partial charge on any atom is -0.387 e. The fraction of sp³-hybridized carbons (Fsp3) is 0.917. The maximum Gasteiger partial charge on any atom is 0.399 e. The smallest absolute Gasteiger partial charge is 0.387 e. The first-order chi connectivity index (χ1) is 8.32. The van der Waals surface area contributed by atoms with Crippen molar-refractivity contribution >= 4 is 5.84 Å². The molecule has 108 valence electrons. The molecule has 0 heterocycles. The third-order valence-corrected chi connectivity index (χ3v) is 2.87. The van der Waals surface area contributed by atoms with Crippen LogP contribution in [0, 0.1) is 11.3 Å². The summed E-state index contributed by atoms with van der Waals surface area (Å²) in [6, 6.07) is 0. The zero-order valence-corrected chi connectivity index (χ0v) is 11.2. The number of unbranched alkanes of at least 4 members (excludes halogenated alkanes) is 2. The molecule has 0 radical (unpaired) electrons. The molecular weight excluding hydrogens is 243 g/mol. The Kier molecular flexibility index (Phi) is 7.98. The van der Waals surface area contributed by atoms with E-state index >= 15 is 0 Å². The van der Waals surface area contributed by atoms with Gasteiger partial charge >= 0.3 is 6.18 Å². The number of hydrogen-bond acceptors (Lipinski definition) is 2. The molecule has 0 aliphatic rings. The van der Waals surface area contributed by atoms with Crippen molar-refractivity contribution in [2.45, 2.75) is 45.7 Å². The lowest BCUT2D eigenvalue weighted by Crippen LogP contribution is -2.44. The van der Waals surface area contributed by atoms with E-state index in [2.05, 4.69) is 0 Å². The van der Waals surface area contributed by atoms with E-state index in [-0.39, 0.29) is 6.54 Å². The molecule has 0 saturated carbocycles. The van der Waals surface area contributed by atoms with Gasteiger partial charge in [-0.05, 0) is 25.9 Å². The minimum atomic E-state index is -4.43. The summed E-state index contributed by atoms with van der Waals surface area (Å²) in [7, 11) is 0. The predicted molar refractivity (Wildman–Crippen MR) is 67.7 cm³/mol. The van der Waals surface area contributed by atoms with Crippen LogP contribution >= 0.6 is 0 Å². The maximum absolute atomic E-state index is 12.7. The Morgan fingerprint density at radius 2 is 1.61 bits per heavy atom. The van der Waals surface area contributed by atoms with Crippen molar-refractivity contribution in [3.8, 4) is 0 Å². The van der Waals surface area contributed by atoms with Crippen LogP contribution in [0.15, 0.2) is 0 Å². The number of nitrogens with two attached hydrogens (primary N) is 1. The molecule has 1 unspecified atom stereocenters. The van der Waals surface area contributed by atoms with Crippen molar-refractivity contribution in [2.24, 2.45) is 11.7 Å². The number of nitrogens with one attached hydrogen (secondary N) is 1. The van der Waals surface area contributed by atoms with Crippen LogP contribution in [0.4, 0.5) is 13.2 Å². The average molecular weight is 267 g/mol. The van der Waals surface area contributed by atoms with E-state index in [1.165, 1.54) is 0 Å². The number of hydrogen-bond donors (Lipinski definition) is 2. The minimum absolute atomic E-state index is 0.196. The number of amidine groups is 1. The van der Waals surface area contributed by atoms with E-state index in [0.29, 0.717) is 13.1 Å². The summed E-state index contributed by atoms with van der Waals surface area (Å²) in [5.74, 6) is -2.63. The highest BCUT2D eigenvalue weighted by molar-refractivity contribution is 5.80. The van der Waals surface area contributed by atoms with Crippen molar-refractivity contribution < 1.29 is 13.2 Å². The van der Waals surface area contributed by atoms with Gasteiger partial charge in [-0.15, -0.1) is 0 Å². The third kappa shape index (κ3) is 6.83. The van der Waals surface area contributed by atoms with E-state index in [9.17, 15) is 13.2 Å². The zero-order valence-electron chi connectivity index (χ0n) is 11.2. The highest BCUT2D eigenvalue weighted by atomic mass is 19.4. The van der Waals surface area contributed by atoms with Crippen molar-refractivity contribution in [2.75, 3.05) is 19.6 Å². The molecule has 0 amide bonds. The van der Waals surface area contributed by atoms with Crippen LogP contribution in [0.1, 0.15) is 39.5 Å². The molecule has 6 heteroatoms. The molecule has 0 fully saturated rings. The van der Waals surface area contributed by atoms with Crippen LogP contribution < -0.4 is 5.73 Å². The summed E-state index contributed by atoms with van der Waals surface area (Å²) in [5.41, 5.74) is 5.07. The van der Waals surface area contributed by atoms with Crippen molar-refractivity contribution in [1.82, 2.24) is 4.90 Å². The molecule has 0 aromatic heterocycles. The van der Waals surface area contributed by atoms with E-state index in [4.69, 9.17) is 11.1 Å². The number of nitrogens with zero attached hydrogens (tertiary/aromatic N) is 1. The second-order valence-corrected chi connectivity index (χ2v) is 4.56. The van der Waals surface area contributed by atoms with Gasteiger partial charge in [-0.3, -0.25) is 5.41 Å². The first kappa shape index (κ1) is 17.2. The molecule has 0 aromatic rings. The summed E-state index contributed by atoms with van der Waals surface area (Å²) < 4.78 is 38.2. The first-order valence-electron chi connectivity index (χ1n) is 6.45. The van der Waals surface area contributed by atoms with Crippen LogP contribution in [0.25, 0.3) is 0 Å². The Labute approximate surface area is 107 Å². The molecule has 3 N–H and O–H groups in total. The standard InChI is InChI=1S/C12H24F3N3/c1-3-5-7-18(8-6-4-2)9-10(11(16)17)12(13,14)15/h10H,3-9H2,1-2H3,(H3,16,17). The summed E-state index contributed by atoms with van der Waals surface area (Å²) in [4.78, 5) is 1.77. The summed E-state index contributed by atoms with van der Waals surface area (Å²) in [5, 5.41) is 7.09.